The molecule has 0 aliphatic carbocycles. The van der Waals surface area contributed by atoms with Crippen LogP contribution in [0.3, 0.4) is 0 Å². The Kier molecular flexibility index (Phi) is 2.83. The average molecular weight is 202 g/mol. The summed E-state index contributed by atoms with van der Waals surface area (Å²) < 4.78 is 37.3. The molecule has 0 unspecified atom stereocenters. The van der Waals surface area contributed by atoms with Crippen LogP contribution in [0.25, 0.3) is 0 Å². The van der Waals surface area contributed by atoms with Crippen molar-refractivity contribution in [1.29, 1.82) is 0 Å². The van der Waals surface area contributed by atoms with E-state index in [4.69, 9.17) is 0 Å². The van der Waals surface area contributed by atoms with Crippen LogP contribution in [0.4, 0.5) is 13.2 Å². The van der Waals surface area contributed by atoms with E-state index in [1.807, 2.05) is 0 Å². The number of hydrogen-bond acceptors (Lipinski definition) is 1. The van der Waals surface area contributed by atoms with E-state index in [0.29, 0.717) is 5.69 Å². The zero-order chi connectivity index (χ0) is 10.9. The minimum Gasteiger partial charge on any atom is -0.261 e. The van der Waals surface area contributed by atoms with Gasteiger partial charge in [0.2, 0.25) is 0 Å². The molecule has 0 amide bonds. The molecule has 1 rings (SSSR count). The Morgan fingerprint density at radius 2 is 1.93 bits per heavy atom. The molecule has 1 radical (unpaired) electrons. The van der Waals surface area contributed by atoms with Crippen molar-refractivity contribution in [2.24, 2.45) is 0 Å². The lowest BCUT2D eigenvalue weighted by molar-refractivity contribution is -0.138. The summed E-state index contributed by atoms with van der Waals surface area (Å²) in [5, 5.41) is 0. The van der Waals surface area contributed by atoms with E-state index in [9.17, 15) is 13.2 Å². The summed E-state index contributed by atoms with van der Waals surface area (Å²) in [6, 6.07) is 0.953. The van der Waals surface area contributed by atoms with Crippen molar-refractivity contribution in [2.75, 3.05) is 0 Å². The number of alkyl halides is 3. The van der Waals surface area contributed by atoms with E-state index in [0.717, 1.165) is 6.07 Å². The monoisotopic (exact) mass is 202 g/mol. The van der Waals surface area contributed by atoms with E-state index in [2.05, 4.69) is 11.9 Å². The second-order valence-electron chi connectivity index (χ2n) is 3.37. The van der Waals surface area contributed by atoms with Crippen LogP contribution in [-0.2, 0) is 6.18 Å². The molecule has 0 fully saturated rings. The van der Waals surface area contributed by atoms with E-state index in [-0.39, 0.29) is 11.5 Å². The Balaban J connectivity index is 3.28. The predicted molar refractivity (Wildman–Crippen MR) is 47.8 cm³/mol. The Morgan fingerprint density at radius 1 is 1.36 bits per heavy atom. The molecule has 0 atom stereocenters. The summed E-state index contributed by atoms with van der Waals surface area (Å²) in [5.74, 6) is -0.0511. The van der Waals surface area contributed by atoms with Gasteiger partial charge in [-0.05, 0) is 24.5 Å². The van der Waals surface area contributed by atoms with Crippen molar-refractivity contribution in [1.82, 2.24) is 4.98 Å². The van der Waals surface area contributed by atoms with Gasteiger partial charge in [0.1, 0.15) is 0 Å². The third-order valence-electron chi connectivity index (χ3n) is 1.94. The lowest BCUT2D eigenvalue weighted by Gasteiger charge is -2.14. The minimum absolute atomic E-state index is 0.0185. The summed E-state index contributed by atoms with van der Waals surface area (Å²) in [7, 11) is 0. The molecule has 0 aliphatic heterocycles. The molecule has 77 valence electrons. The van der Waals surface area contributed by atoms with E-state index in [1.54, 1.807) is 13.8 Å². The molecule has 0 saturated heterocycles. The van der Waals surface area contributed by atoms with E-state index >= 15 is 0 Å². The van der Waals surface area contributed by atoms with Gasteiger partial charge < -0.3 is 0 Å². The third-order valence-corrected chi connectivity index (χ3v) is 1.94. The molecule has 1 aromatic rings. The number of rotatable bonds is 1. The molecule has 1 nitrogen and oxygen atoms in total. The van der Waals surface area contributed by atoms with Crippen LogP contribution in [-0.4, -0.2) is 4.98 Å². The first kappa shape index (κ1) is 11.0. The highest BCUT2D eigenvalue weighted by Gasteiger charge is 2.33. The summed E-state index contributed by atoms with van der Waals surface area (Å²) in [6.45, 7) is 7.00. The minimum atomic E-state index is -4.34. The second-order valence-corrected chi connectivity index (χ2v) is 3.37. The van der Waals surface area contributed by atoms with Crippen molar-refractivity contribution in [3.63, 3.8) is 0 Å². The van der Waals surface area contributed by atoms with Crippen LogP contribution >= 0.6 is 0 Å². The van der Waals surface area contributed by atoms with Gasteiger partial charge in [-0.15, -0.1) is 0 Å². The molecule has 0 aliphatic rings. The summed E-state index contributed by atoms with van der Waals surface area (Å²) in [6.07, 6.45) is -3.17. The van der Waals surface area contributed by atoms with Crippen LogP contribution in [0, 0.1) is 6.92 Å². The second kappa shape index (κ2) is 3.59. The summed E-state index contributed by atoms with van der Waals surface area (Å²) >= 11 is 0. The van der Waals surface area contributed by atoms with Crippen molar-refractivity contribution in [3.8, 4) is 0 Å². The first-order chi connectivity index (χ1) is 6.34. The van der Waals surface area contributed by atoms with Gasteiger partial charge in [0.05, 0.1) is 5.56 Å². The zero-order valence-electron chi connectivity index (χ0n) is 8.02. The molecule has 0 bridgehead atoms. The molecule has 0 aromatic carbocycles. The van der Waals surface area contributed by atoms with Crippen molar-refractivity contribution < 1.29 is 13.2 Å². The highest BCUT2D eigenvalue weighted by Crippen LogP contribution is 2.33. The maximum absolute atomic E-state index is 12.4. The summed E-state index contributed by atoms with van der Waals surface area (Å²) in [5.41, 5.74) is -0.314. The highest BCUT2D eigenvalue weighted by molar-refractivity contribution is 5.36. The predicted octanol–water partition coefficient (Wildman–Crippen LogP) is 3.41. The molecular formula is C10H11F3N. The number of aromatic nitrogens is 1. The van der Waals surface area contributed by atoms with Gasteiger partial charge in [-0.1, -0.05) is 13.8 Å². The maximum Gasteiger partial charge on any atom is 0.416 e. The standard InChI is InChI=1S/C10H11F3N/c1-6(2)9-7(3)8(4-5-14-9)10(11,12)13/h4-6H,3H2,1-2H3. The molecular weight excluding hydrogens is 191 g/mol. The lowest BCUT2D eigenvalue weighted by Crippen LogP contribution is -2.10. The largest absolute Gasteiger partial charge is 0.416 e. The molecule has 0 saturated carbocycles. The van der Waals surface area contributed by atoms with Crippen molar-refractivity contribution >= 4 is 0 Å². The quantitative estimate of drug-likeness (QED) is 0.680. The number of halogens is 3. The normalized spacial score (nSPS) is 12.2. The van der Waals surface area contributed by atoms with E-state index in [1.165, 1.54) is 6.20 Å². The van der Waals surface area contributed by atoms with Gasteiger partial charge in [0.15, 0.2) is 0 Å². The molecule has 0 N–H and O–H groups in total. The van der Waals surface area contributed by atoms with Gasteiger partial charge in [-0.25, -0.2) is 0 Å². The van der Waals surface area contributed by atoms with E-state index < -0.39 is 11.7 Å². The molecule has 0 spiro atoms. The zero-order valence-corrected chi connectivity index (χ0v) is 8.02. The fraction of sp³-hybridized carbons (Fsp3) is 0.400. The lowest BCUT2D eigenvalue weighted by atomic mass is 10.0. The van der Waals surface area contributed by atoms with Gasteiger partial charge in [0.25, 0.3) is 0 Å². The average Bonchev–Trinajstić information content (AvgIpc) is 2.01. The summed E-state index contributed by atoms with van der Waals surface area (Å²) in [4.78, 5) is 3.89. The Labute approximate surface area is 81.0 Å². The first-order valence-electron chi connectivity index (χ1n) is 4.22. The molecule has 1 heterocycles. The Morgan fingerprint density at radius 3 is 2.36 bits per heavy atom. The van der Waals surface area contributed by atoms with Crippen molar-refractivity contribution in [3.05, 3.63) is 36.0 Å². The third kappa shape index (κ3) is 2.05. The van der Waals surface area contributed by atoms with Crippen LogP contribution in [0.5, 0.6) is 0 Å². The fourth-order valence-electron chi connectivity index (χ4n) is 1.27. The number of hydrogen-bond donors (Lipinski definition) is 0. The fourth-order valence-corrected chi connectivity index (χ4v) is 1.27. The number of nitrogens with zero attached hydrogens (tertiary/aromatic N) is 1. The van der Waals surface area contributed by atoms with Crippen LogP contribution in [0.1, 0.15) is 36.6 Å². The highest BCUT2D eigenvalue weighted by atomic mass is 19.4. The van der Waals surface area contributed by atoms with Gasteiger partial charge in [-0.3, -0.25) is 4.98 Å². The first-order valence-corrected chi connectivity index (χ1v) is 4.22. The smallest absolute Gasteiger partial charge is 0.261 e. The maximum atomic E-state index is 12.4. The topological polar surface area (TPSA) is 12.9 Å². The van der Waals surface area contributed by atoms with Crippen LogP contribution < -0.4 is 0 Å². The Hall–Kier alpha value is -1.06. The molecule has 4 heteroatoms. The van der Waals surface area contributed by atoms with Gasteiger partial charge in [0, 0.05) is 11.9 Å². The molecule has 1 aromatic heterocycles. The van der Waals surface area contributed by atoms with Gasteiger partial charge >= 0.3 is 6.18 Å². The van der Waals surface area contributed by atoms with Crippen molar-refractivity contribution in [2.45, 2.75) is 25.9 Å². The SMILES string of the molecule is [CH2]c1c(C(F)(F)F)ccnc1C(C)C. The van der Waals surface area contributed by atoms with Crippen LogP contribution in [0.2, 0.25) is 0 Å². The molecule has 14 heavy (non-hydrogen) atoms. The van der Waals surface area contributed by atoms with Crippen LogP contribution in [0.15, 0.2) is 12.3 Å². The Bertz CT molecular complexity index is 329. The number of pyridine rings is 1. The van der Waals surface area contributed by atoms with Gasteiger partial charge in [-0.2, -0.15) is 13.2 Å².